The lowest BCUT2D eigenvalue weighted by Crippen LogP contribution is -2.54. The fraction of sp³-hybridized carbons (Fsp3) is 0.696. The third-order valence-electron chi connectivity index (χ3n) is 7.23. The Balaban J connectivity index is 1.11. The van der Waals surface area contributed by atoms with Crippen molar-refractivity contribution in [1.29, 1.82) is 0 Å². The second kappa shape index (κ2) is 8.52. The lowest BCUT2D eigenvalue weighted by atomic mass is 9.78. The van der Waals surface area contributed by atoms with Crippen LogP contribution in [-0.2, 0) is 11.3 Å². The van der Waals surface area contributed by atoms with E-state index in [9.17, 15) is 4.79 Å². The van der Waals surface area contributed by atoms with Gasteiger partial charge in [-0.25, -0.2) is 0 Å². The molecule has 6 heteroatoms. The maximum Gasteiger partial charge on any atom is 0.237 e. The number of fused-ring (bicyclic) bond motifs is 2. The summed E-state index contributed by atoms with van der Waals surface area (Å²) in [6.07, 6.45) is 7.72. The van der Waals surface area contributed by atoms with Crippen LogP contribution in [0.5, 0.6) is 11.5 Å². The lowest BCUT2D eigenvalue weighted by Gasteiger charge is -2.45. The molecule has 3 heterocycles. The van der Waals surface area contributed by atoms with E-state index in [2.05, 4.69) is 26.8 Å². The van der Waals surface area contributed by atoms with Crippen LogP contribution in [0.25, 0.3) is 0 Å². The van der Waals surface area contributed by atoms with Crippen LogP contribution < -0.4 is 9.47 Å². The zero-order chi connectivity index (χ0) is 19.6. The smallest absolute Gasteiger partial charge is 0.237 e. The Labute approximate surface area is 173 Å². The summed E-state index contributed by atoms with van der Waals surface area (Å²) in [6.45, 7) is 6.78. The number of ether oxygens (including phenoxy) is 2. The molecule has 29 heavy (non-hydrogen) atoms. The van der Waals surface area contributed by atoms with Crippen molar-refractivity contribution < 1.29 is 14.3 Å². The van der Waals surface area contributed by atoms with Crippen LogP contribution in [0.1, 0.15) is 44.1 Å². The maximum atomic E-state index is 13.0. The molecule has 2 atom stereocenters. The molecule has 3 fully saturated rings. The van der Waals surface area contributed by atoms with Gasteiger partial charge in [0.15, 0.2) is 11.5 Å². The van der Waals surface area contributed by atoms with Crippen molar-refractivity contribution >= 4 is 5.91 Å². The van der Waals surface area contributed by atoms with Gasteiger partial charge in [0.25, 0.3) is 0 Å². The van der Waals surface area contributed by atoms with Crippen LogP contribution in [0.4, 0.5) is 0 Å². The Hall–Kier alpha value is -1.79. The van der Waals surface area contributed by atoms with Gasteiger partial charge >= 0.3 is 0 Å². The quantitative estimate of drug-likeness (QED) is 0.779. The largest absolute Gasteiger partial charge is 0.454 e. The predicted octanol–water partition coefficient (Wildman–Crippen LogP) is 2.71. The van der Waals surface area contributed by atoms with Gasteiger partial charge in [0, 0.05) is 45.3 Å². The molecule has 2 saturated heterocycles. The highest BCUT2D eigenvalue weighted by Gasteiger charge is 2.36. The topological polar surface area (TPSA) is 45.3 Å². The summed E-state index contributed by atoms with van der Waals surface area (Å²) in [5, 5.41) is 0. The molecule has 0 aromatic heterocycles. The Kier molecular flexibility index (Phi) is 5.64. The number of hydrogen-bond donors (Lipinski definition) is 0. The van der Waals surface area contributed by atoms with Gasteiger partial charge in [0.2, 0.25) is 12.7 Å². The third-order valence-corrected chi connectivity index (χ3v) is 7.23. The zero-order valence-corrected chi connectivity index (χ0v) is 17.4. The Bertz CT molecular complexity index is 730. The summed E-state index contributed by atoms with van der Waals surface area (Å²) in [5.74, 6) is 2.83. The summed E-state index contributed by atoms with van der Waals surface area (Å²) in [4.78, 5) is 20.1. The van der Waals surface area contributed by atoms with Gasteiger partial charge in [0.1, 0.15) is 0 Å². The molecule has 0 unspecified atom stereocenters. The summed E-state index contributed by atoms with van der Waals surface area (Å²) in [5.41, 5.74) is 1.26. The van der Waals surface area contributed by atoms with E-state index in [-0.39, 0.29) is 0 Å². The zero-order valence-electron chi connectivity index (χ0n) is 17.4. The number of likely N-dealkylation sites (tertiary alicyclic amines) is 1. The van der Waals surface area contributed by atoms with Crippen molar-refractivity contribution in [2.75, 3.05) is 46.1 Å². The lowest BCUT2D eigenvalue weighted by molar-refractivity contribution is -0.139. The summed E-state index contributed by atoms with van der Waals surface area (Å²) in [6, 6.07) is 6.75. The second-order valence-electron chi connectivity index (χ2n) is 9.08. The maximum absolute atomic E-state index is 13.0. The first-order valence-corrected chi connectivity index (χ1v) is 11.4. The highest BCUT2D eigenvalue weighted by Crippen LogP contribution is 2.35. The second-order valence-corrected chi connectivity index (χ2v) is 9.08. The van der Waals surface area contributed by atoms with Gasteiger partial charge < -0.3 is 14.4 Å². The first-order chi connectivity index (χ1) is 14.3. The van der Waals surface area contributed by atoms with E-state index in [1.165, 1.54) is 44.1 Å². The molecule has 1 aromatic rings. The van der Waals surface area contributed by atoms with Gasteiger partial charge in [0.05, 0.1) is 6.54 Å². The number of piperazine rings is 1. The molecule has 0 radical (unpaired) electrons. The number of hydrogen-bond acceptors (Lipinski definition) is 5. The molecule has 1 amide bonds. The fourth-order valence-corrected chi connectivity index (χ4v) is 5.62. The minimum absolute atomic E-state index is 0.324. The highest BCUT2D eigenvalue weighted by atomic mass is 16.7. The molecular formula is C23H33N3O3. The van der Waals surface area contributed by atoms with Crippen molar-refractivity contribution in [2.24, 2.45) is 5.92 Å². The molecule has 0 spiro atoms. The molecule has 158 valence electrons. The van der Waals surface area contributed by atoms with E-state index in [4.69, 9.17) is 9.47 Å². The standard InChI is InChI=1S/C23H33N3O3/c27-23(26-9-3-5-19-4-1-2-6-20(19)26)16-25-12-10-24(11-13-25)15-18-7-8-21-22(14-18)29-17-28-21/h7-8,14,19-20H,1-6,9-13,15-17H2/t19-,20-/m1/s1. The average molecular weight is 400 g/mol. The fourth-order valence-electron chi connectivity index (χ4n) is 5.62. The molecule has 1 aliphatic carbocycles. The van der Waals surface area contributed by atoms with Gasteiger partial charge in [-0.2, -0.15) is 0 Å². The number of carbonyl (C=O) groups excluding carboxylic acids is 1. The van der Waals surface area contributed by atoms with E-state index < -0.39 is 0 Å². The van der Waals surface area contributed by atoms with Crippen LogP contribution in [0.2, 0.25) is 0 Å². The van der Waals surface area contributed by atoms with Gasteiger partial charge in [-0.15, -0.1) is 0 Å². The number of piperidine rings is 1. The van der Waals surface area contributed by atoms with Crippen molar-refractivity contribution in [3.8, 4) is 11.5 Å². The molecular weight excluding hydrogens is 366 g/mol. The number of benzene rings is 1. The monoisotopic (exact) mass is 399 g/mol. The summed E-state index contributed by atoms with van der Waals surface area (Å²) in [7, 11) is 0. The third kappa shape index (κ3) is 4.24. The normalized spacial score (nSPS) is 27.7. The van der Waals surface area contributed by atoms with E-state index in [0.29, 0.717) is 25.3 Å². The van der Waals surface area contributed by atoms with E-state index in [1.807, 2.05) is 6.07 Å². The van der Waals surface area contributed by atoms with Crippen LogP contribution >= 0.6 is 0 Å². The van der Waals surface area contributed by atoms with Gasteiger partial charge in [-0.05, 0) is 49.3 Å². The molecule has 6 nitrogen and oxygen atoms in total. The van der Waals surface area contributed by atoms with Gasteiger partial charge in [-0.1, -0.05) is 18.9 Å². The van der Waals surface area contributed by atoms with Crippen LogP contribution in [0.3, 0.4) is 0 Å². The molecule has 1 saturated carbocycles. The van der Waals surface area contributed by atoms with Crippen molar-refractivity contribution in [2.45, 2.75) is 51.1 Å². The van der Waals surface area contributed by atoms with Crippen molar-refractivity contribution in [3.63, 3.8) is 0 Å². The van der Waals surface area contributed by atoms with E-state index >= 15 is 0 Å². The van der Waals surface area contributed by atoms with Crippen LogP contribution in [0, 0.1) is 5.92 Å². The highest BCUT2D eigenvalue weighted by molar-refractivity contribution is 5.78. The summed E-state index contributed by atoms with van der Waals surface area (Å²) >= 11 is 0. The molecule has 0 N–H and O–H groups in total. The Morgan fingerprint density at radius 1 is 0.897 bits per heavy atom. The van der Waals surface area contributed by atoms with Crippen LogP contribution in [-0.4, -0.2) is 72.7 Å². The minimum Gasteiger partial charge on any atom is -0.454 e. The van der Waals surface area contributed by atoms with Crippen molar-refractivity contribution in [3.05, 3.63) is 23.8 Å². The molecule has 0 bridgehead atoms. The van der Waals surface area contributed by atoms with E-state index in [1.54, 1.807) is 0 Å². The first kappa shape index (κ1) is 19.2. The Morgan fingerprint density at radius 3 is 2.55 bits per heavy atom. The van der Waals surface area contributed by atoms with E-state index in [0.717, 1.165) is 56.7 Å². The number of carbonyl (C=O) groups is 1. The molecule has 1 aromatic carbocycles. The van der Waals surface area contributed by atoms with Crippen LogP contribution in [0.15, 0.2) is 18.2 Å². The average Bonchev–Trinajstić information content (AvgIpc) is 3.22. The van der Waals surface area contributed by atoms with Gasteiger partial charge in [-0.3, -0.25) is 14.6 Å². The molecule has 5 rings (SSSR count). The first-order valence-electron chi connectivity index (χ1n) is 11.4. The summed E-state index contributed by atoms with van der Waals surface area (Å²) < 4.78 is 10.9. The molecule has 4 aliphatic rings. The molecule has 3 aliphatic heterocycles. The minimum atomic E-state index is 0.324. The number of amides is 1. The SMILES string of the molecule is O=C(CN1CCN(Cc2ccc3c(c2)OCO3)CC1)N1CCC[C@H]2CCCC[C@H]21. The van der Waals surface area contributed by atoms with Crippen molar-refractivity contribution in [1.82, 2.24) is 14.7 Å². The number of rotatable bonds is 4. The number of nitrogens with zero attached hydrogens (tertiary/aromatic N) is 3. The predicted molar refractivity (Wildman–Crippen MR) is 111 cm³/mol. The Morgan fingerprint density at radius 2 is 1.66 bits per heavy atom.